The summed E-state index contributed by atoms with van der Waals surface area (Å²) in [5.74, 6) is 1.48. The van der Waals surface area contributed by atoms with E-state index in [-0.39, 0.29) is 18.0 Å². The fourth-order valence-corrected chi connectivity index (χ4v) is 2.62. The largest absolute Gasteiger partial charge is 0.493 e. The predicted octanol–water partition coefficient (Wildman–Crippen LogP) is 4.13. The molecule has 0 N–H and O–H groups in total. The first-order valence-electron chi connectivity index (χ1n) is 8.59. The Morgan fingerprint density at radius 1 is 1.15 bits per heavy atom. The topological polar surface area (TPSA) is 48.0 Å². The highest BCUT2D eigenvalue weighted by molar-refractivity contribution is 7.79. The fraction of sp³-hybridized carbons (Fsp3) is 0.632. The number of halogens is 1. The van der Waals surface area contributed by atoms with E-state index in [1.807, 2.05) is 20.8 Å². The second-order valence-corrected chi connectivity index (χ2v) is 6.18. The standard InChI is InChI=1S/C18H28ClNO4.CH4S/c1-13(2)20(14(3)12-19)18(21)15-7-8-16(23-5)17(11-15)24-10-6-9-22-4;1-2/h7-8,11,13-14H,6,9-10,12H2,1-5H3;2H,1H3/t14-;/m1./s1. The zero-order valence-electron chi connectivity index (χ0n) is 16.6. The molecule has 0 radical (unpaired) electrons. The SMILES string of the molecule is COCCCOc1cc(C(=O)N(C(C)C)[C@H](C)CCl)ccc1OC.CS. The molecule has 0 spiro atoms. The molecule has 1 aromatic carbocycles. The first-order chi connectivity index (χ1) is 12.5. The molecule has 0 aliphatic rings. The fourth-order valence-electron chi connectivity index (χ4n) is 2.47. The van der Waals surface area contributed by atoms with Gasteiger partial charge in [-0.2, -0.15) is 12.6 Å². The van der Waals surface area contributed by atoms with Crippen LogP contribution in [0, 0.1) is 0 Å². The molecule has 0 aromatic heterocycles. The number of benzene rings is 1. The lowest BCUT2D eigenvalue weighted by Crippen LogP contribution is -2.44. The second kappa shape index (κ2) is 14.0. The number of hydrogen-bond donors (Lipinski definition) is 1. The van der Waals surface area contributed by atoms with Gasteiger partial charge in [0.25, 0.3) is 5.91 Å². The molecule has 26 heavy (non-hydrogen) atoms. The van der Waals surface area contributed by atoms with E-state index in [0.29, 0.717) is 36.2 Å². The number of methoxy groups -OCH3 is 2. The van der Waals surface area contributed by atoms with E-state index in [4.69, 9.17) is 25.8 Å². The van der Waals surface area contributed by atoms with Gasteiger partial charge in [0, 0.05) is 43.7 Å². The van der Waals surface area contributed by atoms with Crippen molar-refractivity contribution in [1.82, 2.24) is 4.90 Å². The molecule has 0 saturated heterocycles. The number of carbonyl (C=O) groups excluding carboxylic acids is 1. The van der Waals surface area contributed by atoms with Crippen LogP contribution in [0.5, 0.6) is 11.5 Å². The maximum Gasteiger partial charge on any atom is 0.254 e. The number of rotatable bonds is 10. The highest BCUT2D eigenvalue weighted by Gasteiger charge is 2.24. The van der Waals surface area contributed by atoms with E-state index in [1.54, 1.807) is 43.6 Å². The van der Waals surface area contributed by atoms with Crippen molar-refractivity contribution < 1.29 is 19.0 Å². The Balaban J connectivity index is 0.00000301. The number of nitrogens with zero attached hydrogens (tertiary/aromatic N) is 1. The van der Waals surface area contributed by atoms with Crippen LogP contribution in [0.2, 0.25) is 0 Å². The van der Waals surface area contributed by atoms with Crippen LogP contribution in [0.15, 0.2) is 18.2 Å². The van der Waals surface area contributed by atoms with Gasteiger partial charge in [-0.3, -0.25) is 4.79 Å². The molecule has 0 fully saturated rings. The third-order valence-electron chi connectivity index (χ3n) is 3.65. The van der Waals surface area contributed by atoms with Crippen LogP contribution in [-0.2, 0) is 4.74 Å². The average Bonchev–Trinajstić information content (AvgIpc) is 2.66. The van der Waals surface area contributed by atoms with Gasteiger partial charge in [0.1, 0.15) is 0 Å². The van der Waals surface area contributed by atoms with Gasteiger partial charge in [-0.05, 0) is 45.2 Å². The molecule has 0 bridgehead atoms. The van der Waals surface area contributed by atoms with Crippen LogP contribution in [-0.4, -0.2) is 62.5 Å². The lowest BCUT2D eigenvalue weighted by Gasteiger charge is -2.32. The Labute approximate surface area is 168 Å². The Morgan fingerprint density at radius 2 is 1.81 bits per heavy atom. The van der Waals surface area contributed by atoms with Crippen molar-refractivity contribution >= 4 is 30.1 Å². The quantitative estimate of drug-likeness (QED) is 0.361. The first kappa shape index (κ1) is 24.9. The molecule has 1 rings (SSSR count). The van der Waals surface area contributed by atoms with Crippen molar-refractivity contribution in [3.8, 4) is 11.5 Å². The number of thiol groups is 1. The molecular weight excluding hydrogens is 374 g/mol. The number of hydrogen-bond acceptors (Lipinski definition) is 5. The van der Waals surface area contributed by atoms with Crippen LogP contribution in [0.25, 0.3) is 0 Å². The molecule has 5 nitrogen and oxygen atoms in total. The van der Waals surface area contributed by atoms with E-state index in [0.717, 1.165) is 6.42 Å². The van der Waals surface area contributed by atoms with Crippen molar-refractivity contribution in [1.29, 1.82) is 0 Å². The summed E-state index contributed by atoms with van der Waals surface area (Å²) < 4.78 is 16.1. The van der Waals surface area contributed by atoms with Crippen LogP contribution in [0.4, 0.5) is 0 Å². The highest BCUT2D eigenvalue weighted by atomic mass is 35.5. The summed E-state index contributed by atoms with van der Waals surface area (Å²) in [5, 5.41) is 0. The van der Waals surface area contributed by atoms with Crippen molar-refractivity contribution in [3.63, 3.8) is 0 Å². The van der Waals surface area contributed by atoms with Crippen LogP contribution >= 0.6 is 24.2 Å². The molecule has 0 heterocycles. The number of alkyl halides is 1. The van der Waals surface area contributed by atoms with Crippen molar-refractivity contribution in [2.75, 3.05) is 39.6 Å². The Morgan fingerprint density at radius 3 is 2.31 bits per heavy atom. The summed E-state index contributed by atoms with van der Waals surface area (Å²) in [7, 11) is 3.23. The highest BCUT2D eigenvalue weighted by Crippen LogP contribution is 2.29. The monoisotopic (exact) mass is 405 g/mol. The smallest absolute Gasteiger partial charge is 0.254 e. The predicted molar refractivity (Wildman–Crippen MR) is 111 cm³/mol. The van der Waals surface area contributed by atoms with E-state index in [2.05, 4.69) is 12.6 Å². The average molecular weight is 406 g/mol. The number of ether oxygens (including phenoxy) is 3. The lowest BCUT2D eigenvalue weighted by atomic mass is 10.1. The molecule has 0 unspecified atom stereocenters. The summed E-state index contributed by atoms with van der Waals surface area (Å²) in [6.07, 6.45) is 2.46. The Kier molecular flexibility index (Phi) is 13.4. The minimum Gasteiger partial charge on any atom is -0.493 e. The molecule has 0 aliphatic carbocycles. The summed E-state index contributed by atoms with van der Waals surface area (Å²) in [4.78, 5) is 14.6. The first-order valence-corrected chi connectivity index (χ1v) is 10.0. The minimum atomic E-state index is -0.0671. The van der Waals surface area contributed by atoms with E-state index >= 15 is 0 Å². The van der Waals surface area contributed by atoms with Gasteiger partial charge in [-0.1, -0.05) is 0 Å². The maximum absolute atomic E-state index is 12.9. The molecule has 1 atom stereocenters. The van der Waals surface area contributed by atoms with Gasteiger partial charge in [0.15, 0.2) is 11.5 Å². The van der Waals surface area contributed by atoms with Crippen LogP contribution in [0.3, 0.4) is 0 Å². The molecular formula is C19H32ClNO4S. The third kappa shape index (κ3) is 7.64. The van der Waals surface area contributed by atoms with Crippen molar-refractivity contribution in [3.05, 3.63) is 23.8 Å². The number of carbonyl (C=O) groups is 1. The Bertz CT molecular complexity index is 528. The van der Waals surface area contributed by atoms with Crippen LogP contribution < -0.4 is 9.47 Å². The van der Waals surface area contributed by atoms with Crippen molar-refractivity contribution in [2.45, 2.75) is 39.3 Å². The van der Waals surface area contributed by atoms with Gasteiger partial charge in [0.05, 0.1) is 13.7 Å². The van der Waals surface area contributed by atoms with Gasteiger partial charge in [-0.15, -0.1) is 11.6 Å². The Hall–Kier alpha value is -1.11. The normalized spacial score (nSPS) is 11.4. The van der Waals surface area contributed by atoms with E-state index in [1.165, 1.54) is 0 Å². The summed E-state index contributed by atoms with van der Waals surface area (Å²) in [5.41, 5.74) is 0.559. The van der Waals surface area contributed by atoms with Gasteiger partial charge in [-0.25, -0.2) is 0 Å². The van der Waals surface area contributed by atoms with Gasteiger partial charge < -0.3 is 19.1 Å². The molecule has 0 saturated carbocycles. The van der Waals surface area contributed by atoms with Crippen LogP contribution in [0.1, 0.15) is 37.6 Å². The zero-order valence-corrected chi connectivity index (χ0v) is 18.3. The van der Waals surface area contributed by atoms with E-state index < -0.39 is 0 Å². The zero-order chi connectivity index (χ0) is 20.1. The third-order valence-corrected chi connectivity index (χ3v) is 4.10. The van der Waals surface area contributed by atoms with E-state index in [9.17, 15) is 4.79 Å². The summed E-state index contributed by atoms with van der Waals surface area (Å²) in [6.45, 7) is 7.01. The minimum absolute atomic E-state index is 0.0488. The lowest BCUT2D eigenvalue weighted by molar-refractivity contribution is 0.0646. The van der Waals surface area contributed by atoms with Gasteiger partial charge in [0.2, 0.25) is 0 Å². The summed E-state index contributed by atoms with van der Waals surface area (Å²) >= 11 is 9.48. The second-order valence-electron chi connectivity index (χ2n) is 5.87. The molecule has 1 aromatic rings. The maximum atomic E-state index is 12.9. The molecule has 0 aliphatic heterocycles. The van der Waals surface area contributed by atoms with Crippen molar-refractivity contribution in [2.24, 2.45) is 0 Å². The molecule has 1 amide bonds. The van der Waals surface area contributed by atoms with Gasteiger partial charge >= 0.3 is 0 Å². The molecule has 150 valence electrons. The number of amides is 1. The molecule has 7 heteroatoms. The summed E-state index contributed by atoms with van der Waals surface area (Å²) in [6, 6.07) is 5.24.